The summed E-state index contributed by atoms with van der Waals surface area (Å²) in [6.07, 6.45) is -5.90. The second-order valence-electron chi connectivity index (χ2n) is 7.23. The van der Waals surface area contributed by atoms with Crippen LogP contribution in [0.1, 0.15) is 23.2 Å². The maximum Gasteiger partial charge on any atom is 0.416 e. The van der Waals surface area contributed by atoms with E-state index in [2.05, 4.69) is 14.8 Å². The molecule has 178 valence electrons. The Morgan fingerprint density at radius 2 is 1.94 bits per heavy atom. The zero-order valence-electron chi connectivity index (χ0n) is 17.7. The quantitative estimate of drug-likeness (QED) is 0.363. The van der Waals surface area contributed by atoms with Gasteiger partial charge >= 0.3 is 18.1 Å². The van der Waals surface area contributed by atoms with Crippen molar-refractivity contribution in [1.29, 1.82) is 0 Å². The van der Waals surface area contributed by atoms with Crippen LogP contribution in [0.2, 0.25) is 0 Å². The highest BCUT2D eigenvalue weighted by atomic mass is 32.1. The third-order valence-electron chi connectivity index (χ3n) is 4.88. The van der Waals surface area contributed by atoms with Gasteiger partial charge in [-0.15, -0.1) is 11.3 Å². The molecule has 34 heavy (non-hydrogen) atoms. The van der Waals surface area contributed by atoms with Crippen LogP contribution in [-0.4, -0.2) is 39.9 Å². The molecule has 8 nitrogen and oxygen atoms in total. The SMILES string of the molecule is COC(=O)C(C)OC(=O)Cc1nn(Cc2nc3cc(C(F)(F)F)ccc3s2)c(=O)c2cscc12. The number of methoxy groups -OCH3 is 1. The first kappa shape index (κ1) is 23.8. The van der Waals surface area contributed by atoms with Crippen LogP contribution < -0.4 is 5.56 Å². The van der Waals surface area contributed by atoms with Gasteiger partial charge in [-0.25, -0.2) is 14.5 Å². The molecule has 0 bridgehead atoms. The van der Waals surface area contributed by atoms with Crippen LogP contribution in [0.5, 0.6) is 0 Å². The number of carbonyl (C=O) groups excluding carboxylic acids is 2. The van der Waals surface area contributed by atoms with Crippen molar-refractivity contribution >= 4 is 55.6 Å². The number of benzene rings is 1. The molecule has 0 N–H and O–H groups in total. The van der Waals surface area contributed by atoms with Gasteiger partial charge in [0, 0.05) is 16.1 Å². The summed E-state index contributed by atoms with van der Waals surface area (Å²) < 4.78 is 50.2. The molecule has 4 aromatic rings. The van der Waals surface area contributed by atoms with E-state index in [1.807, 2.05) is 0 Å². The Labute approximate surface area is 197 Å². The number of rotatable bonds is 6. The number of halogens is 3. The molecule has 0 aliphatic heterocycles. The van der Waals surface area contributed by atoms with E-state index in [1.165, 1.54) is 31.4 Å². The molecule has 4 rings (SSSR count). The second-order valence-corrected chi connectivity index (χ2v) is 9.09. The molecular formula is C21H16F3N3O5S2. The molecule has 3 aromatic heterocycles. The van der Waals surface area contributed by atoms with Crippen LogP contribution in [0.25, 0.3) is 21.0 Å². The lowest BCUT2D eigenvalue weighted by Gasteiger charge is -2.12. The second kappa shape index (κ2) is 9.14. The highest BCUT2D eigenvalue weighted by molar-refractivity contribution is 7.18. The lowest BCUT2D eigenvalue weighted by Crippen LogP contribution is -2.28. The largest absolute Gasteiger partial charge is 0.466 e. The van der Waals surface area contributed by atoms with Crippen molar-refractivity contribution in [3.63, 3.8) is 0 Å². The number of hydrogen-bond donors (Lipinski definition) is 0. The predicted octanol–water partition coefficient (Wildman–Crippen LogP) is 3.78. The summed E-state index contributed by atoms with van der Waals surface area (Å²) >= 11 is 2.40. The van der Waals surface area contributed by atoms with Gasteiger partial charge in [0.1, 0.15) is 5.01 Å². The van der Waals surface area contributed by atoms with Gasteiger partial charge in [0.2, 0.25) is 0 Å². The minimum absolute atomic E-state index is 0.0913. The van der Waals surface area contributed by atoms with E-state index >= 15 is 0 Å². The summed E-state index contributed by atoms with van der Waals surface area (Å²) in [5.41, 5.74) is -0.807. The number of aromatic nitrogens is 3. The summed E-state index contributed by atoms with van der Waals surface area (Å²) in [5.74, 6) is -1.45. The molecule has 0 saturated carbocycles. The lowest BCUT2D eigenvalue weighted by atomic mass is 10.2. The Balaban J connectivity index is 1.64. The molecule has 0 fully saturated rings. The van der Waals surface area contributed by atoms with Crippen LogP contribution >= 0.6 is 22.7 Å². The number of hydrogen-bond acceptors (Lipinski definition) is 9. The van der Waals surface area contributed by atoms with E-state index in [1.54, 1.807) is 10.8 Å². The number of alkyl halides is 3. The fraction of sp³-hybridized carbons (Fsp3) is 0.286. The van der Waals surface area contributed by atoms with Crippen molar-refractivity contribution in [2.75, 3.05) is 7.11 Å². The molecule has 1 atom stereocenters. The zero-order chi connectivity index (χ0) is 24.6. The Morgan fingerprint density at radius 1 is 1.21 bits per heavy atom. The molecular weight excluding hydrogens is 495 g/mol. The Hall–Kier alpha value is -3.32. The molecule has 13 heteroatoms. The van der Waals surface area contributed by atoms with E-state index in [0.717, 1.165) is 28.2 Å². The van der Waals surface area contributed by atoms with Gasteiger partial charge in [0.25, 0.3) is 5.56 Å². The van der Waals surface area contributed by atoms with E-state index in [9.17, 15) is 27.6 Å². The van der Waals surface area contributed by atoms with Crippen molar-refractivity contribution in [1.82, 2.24) is 14.8 Å². The Morgan fingerprint density at radius 3 is 2.65 bits per heavy atom. The first-order valence-corrected chi connectivity index (χ1v) is 11.5. The number of nitrogens with zero attached hydrogens (tertiary/aromatic N) is 3. The van der Waals surface area contributed by atoms with Gasteiger partial charge in [-0.2, -0.15) is 29.6 Å². The highest BCUT2D eigenvalue weighted by Gasteiger charge is 2.31. The first-order valence-electron chi connectivity index (χ1n) is 9.76. The first-order chi connectivity index (χ1) is 16.1. The number of ether oxygens (including phenoxy) is 2. The third kappa shape index (κ3) is 4.80. The van der Waals surface area contributed by atoms with Gasteiger partial charge < -0.3 is 9.47 Å². The van der Waals surface area contributed by atoms with E-state index in [-0.39, 0.29) is 24.2 Å². The predicted molar refractivity (Wildman–Crippen MR) is 119 cm³/mol. The van der Waals surface area contributed by atoms with Crippen LogP contribution in [0.4, 0.5) is 13.2 Å². The summed E-state index contributed by atoms with van der Waals surface area (Å²) in [4.78, 5) is 41.0. The molecule has 0 radical (unpaired) electrons. The average molecular weight is 512 g/mol. The number of thiophene rings is 1. The number of carbonyl (C=O) groups is 2. The summed E-state index contributed by atoms with van der Waals surface area (Å²) in [7, 11) is 1.17. The average Bonchev–Trinajstić information content (AvgIpc) is 3.42. The van der Waals surface area contributed by atoms with E-state index < -0.39 is 35.3 Å². The fourth-order valence-corrected chi connectivity index (χ4v) is 5.01. The number of fused-ring (bicyclic) bond motifs is 2. The van der Waals surface area contributed by atoms with Crippen LogP contribution in [0, 0.1) is 0 Å². The maximum absolute atomic E-state index is 13.0. The van der Waals surface area contributed by atoms with Gasteiger partial charge in [-0.05, 0) is 25.1 Å². The van der Waals surface area contributed by atoms with Crippen molar-refractivity contribution in [3.05, 3.63) is 55.6 Å². The smallest absolute Gasteiger partial charge is 0.416 e. The maximum atomic E-state index is 13.0. The zero-order valence-corrected chi connectivity index (χ0v) is 19.3. The van der Waals surface area contributed by atoms with Crippen LogP contribution in [0.15, 0.2) is 33.8 Å². The van der Waals surface area contributed by atoms with Crippen molar-refractivity contribution in [3.8, 4) is 0 Å². The van der Waals surface area contributed by atoms with Crippen molar-refractivity contribution in [2.45, 2.75) is 32.2 Å². The van der Waals surface area contributed by atoms with Gasteiger partial charge in [0.15, 0.2) is 6.10 Å². The minimum Gasteiger partial charge on any atom is -0.466 e. The Kier molecular flexibility index (Phi) is 6.41. The molecule has 1 unspecified atom stereocenters. The summed E-state index contributed by atoms with van der Waals surface area (Å²) in [6.45, 7) is 1.28. The molecule has 0 aliphatic rings. The normalized spacial score (nSPS) is 12.7. The molecule has 0 saturated heterocycles. The summed E-state index contributed by atoms with van der Waals surface area (Å²) in [6, 6.07) is 3.27. The van der Waals surface area contributed by atoms with Gasteiger partial charge in [-0.3, -0.25) is 9.59 Å². The number of esters is 2. The van der Waals surface area contributed by atoms with Crippen molar-refractivity contribution < 1.29 is 32.2 Å². The summed E-state index contributed by atoms with van der Waals surface area (Å²) in [5, 5.41) is 8.78. The third-order valence-corrected chi connectivity index (χ3v) is 6.64. The highest BCUT2D eigenvalue weighted by Crippen LogP contribution is 2.33. The molecule has 1 aromatic carbocycles. The van der Waals surface area contributed by atoms with Gasteiger partial charge in [-0.1, -0.05) is 0 Å². The molecule has 0 amide bonds. The topological polar surface area (TPSA) is 100 Å². The lowest BCUT2D eigenvalue weighted by molar-refractivity contribution is -0.164. The van der Waals surface area contributed by atoms with E-state index in [4.69, 9.17) is 4.74 Å². The standard InChI is InChI=1S/C21H16F3N3O5S2/c1-10(20(30)31-2)32-18(28)6-14-12-8-33-9-13(12)19(29)27(26-14)7-17-25-15-5-11(21(22,23)24)3-4-16(15)34-17/h3-5,8-10H,6-7H2,1-2H3. The fourth-order valence-electron chi connectivity index (χ4n) is 3.24. The van der Waals surface area contributed by atoms with Crippen LogP contribution in [-0.2, 0) is 38.2 Å². The van der Waals surface area contributed by atoms with Crippen molar-refractivity contribution in [2.24, 2.45) is 0 Å². The monoisotopic (exact) mass is 511 g/mol. The van der Waals surface area contributed by atoms with Crippen LogP contribution in [0.3, 0.4) is 0 Å². The Bertz CT molecular complexity index is 1460. The molecule has 3 heterocycles. The molecule has 0 aliphatic carbocycles. The number of thiazole rings is 1. The molecule has 0 spiro atoms. The van der Waals surface area contributed by atoms with Gasteiger partial charge in [0.05, 0.1) is 46.9 Å². The minimum atomic E-state index is -4.49. The van der Waals surface area contributed by atoms with E-state index in [0.29, 0.717) is 20.5 Å².